The predicted molar refractivity (Wildman–Crippen MR) is 96.0 cm³/mol. The largest absolute Gasteiger partial charge is 0.490 e. The number of guanidine groups is 1. The Kier molecular flexibility index (Phi) is 7.43. The maximum absolute atomic E-state index is 6.04. The number of benzene rings is 1. The molecule has 4 nitrogen and oxygen atoms in total. The predicted octanol–water partition coefficient (Wildman–Crippen LogP) is 2.86. The summed E-state index contributed by atoms with van der Waals surface area (Å²) in [5, 5.41) is 3.46. The first-order chi connectivity index (χ1) is 10.8. The zero-order valence-electron chi connectivity index (χ0n) is 13.6. The highest BCUT2D eigenvalue weighted by Gasteiger charge is 2.22. The molecular formula is C17H27N3OS. The lowest BCUT2D eigenvalue weighted by Crippen LogP contribution is -2.47. The van der Waals surface area contributed by atoms with Gasteiger partial charge in [-0.25, -0.2) is 0 Å². The molecule has 0 radical (unpaired) electrons. The second kappa shape index (κ2) is 9.62. The number of nitrogens with zero attached hydrogens (tertiary/aromatic N) is 2. The molecule has 1 heterocycles. The van der Waals surface area contributed by atoms with Crippen molar-refractivity contribution in [2.45, 2.75) is 25.4 Å². The quantitative estimate of drug-likeness (QED) is 0.497. The molecule has 1 fully saturated rings. The minimum atomic E-state index is 0.313. The van der Waals surface area contributed by atoms with Gasteiger partial charge in [0.15, 0.2) is 5.96 Å². The normalized spacial score (nSPS) is 16.6. The van der Waals surface area contributed by atoms with Gasteiger partial charge in [-0.15, -0.1) is 0 Å². The van der Waals surface area contributed by atoms with E-state index in [4.69, 9.17) is 4.74 Å². The summed E-state index contributed by atoms with van der Waals surface area (Å²) in [6.07, 6.45) is 5.72. The summed E-state index contributed by atoms with van der Waals surface area (Å²) in [6, 6.07) is 10.1. The van der Waals surface area contributed by atoms with E-state index in [0.29, 0.717) is 6.10 Å². The molecule has 0 bridgehead atoms. The van der Waals surface area contributed by atoms with Crippen molar-refractivity contribution in [3.63, 3.8) is 0 Å². The Balaban J connectivity index is 1.73. The lowest BCUT2D eigenvalue weighted by Gasteiger charge is -2.34. The monoisotopic (exact) mass is 321 g/mol. The van der Waals surface area contributed by atoms with Crippen molar-refractivity contribution in [1.29, 1.82) is 0 Å². The van der Waals surface area contributed by atoms with Crippen molar-refractivity contribution >= 4 is 17.7 Å². The first-order valence-corrected chi connectivity index (χ1v) is 9.39. The number of hydrogen-bond acceptors (Lipinski definition) is 3. The number of thioether (sulfide) groups is 1. The van der Waals surface area contributed by atoms with Gasteiger partial charge in [0.25, 0.3) is 0 Å². The van der Waals surface area contributed by atoms with Crippen molar-refractivity contribution in [3.05, 3.63) is 30.3 Å². The van der Waals surface area contributed by atoms with Gasteiger partial charge in [-0.2, -0.15) is 11.8 Å². The third-order valence-electron chi connectivity index (χ3n) is 3.81. The average Bonchev–Trinajstić information content (AvgIpc) is 2.57. The van der Waals surface area contributed by atoms with Gasteiger partial charge in [0, 0.05) is 39.5 Å². The highest BCUT2D eigenvalue weighted by Crippen LogP contribution is 2.18. The molecule has 1 aromatic carbocycles. The lowest BCUT2D eigenvalue weighted by molar-refractivity contribution is 0.129. The minimum absolute atomic E-state index is 0.313. The molecule has 0 aliphatic carbocycles. The van der Waals surface area contributed by atoms with E-state index in [9.17, 15) is 0 Å². The van der Waals surface area contributed by atoms with Crippen LogP contribution in [0.15, 0.2) is 35.3 Å². The van der Waals surface area contributed by atoms with Gasteiger partial charge in [0.1, 0.15) is 11.9 Å². The van der Waals surface area contributed by atoms with E-state index in [1.807, 2.05) is 49.1 Å². The van der Waals surface area contributed by atoms with Crippen LogP contribution in [-0.4, -0.2) is 55.7 Å². The number of aliphatic imine (C=N–C) groups is 1. The Morgan fingerprint density at radius 2 is 2.05 bits per heavy atom. The van der Waals surface area contributed by atoms with Gasteiger partial charge >= 0.3 is 0 Å². The standard InChI is InChI=1S/C17H27N3OS/c1-18-17(19-11-6-14-22-2)20-12-9-16(10-13-20)21-15-7-4-3-5-8-15/h3-5,7-8,16H,6,9-14H2,1-2H3,(H,18,19). The number of ether oxygens (including phenoxy) is 1. The van der Waals surface area contributed by atoms with Gasteiger partial charge in [0.05, 0.1) is 0 Å². The Morgan fingerprint density at radius 1 is 1.32 bits per heavy atom. The number of piperidine rings is 1. The van der Waals surface area contributed by atoms with Crippen molar-refractivity contribution in [2.24, 2.45) is 4.99 Å². The molecular weight excluding hydrogens is 294 g/mol. The summed E-state index contributed by atoms with van der Waals surface area (Å²) in [6.45, 7) is 2.99. The molecule has 1 aliphatic heterocycles. The molecule has 1 saturated heterocycles. The summed E-state index contributed by atoms with van der Waals surface area (Å²) in [4.78, 5) is 6.74. The topological polar surface area (TPSA) is 36.9 Å². The van der Waals surface area contributed by atoms with E-state index < -0.39 is 0 Å². The molecule has 0 aromatic heterocycles. The van der Waals surface area contributed by atoms with Crippen LogP contribution in [0.4, 0.5) is 0 Å². The maximum atomic E-state index is 6.04. The van der Waals surface area contributed by atoms with Crippen LogP contribution >= 0.6 is 11.8 Å². The highest BCUT2D eigenvalue weighted by atomic mass is 32.2. The first kappa shape index (κ1) is 17.0. The van der Waals surface area contributed by atoms with Crippen LogP contribution in [0.5, 0.6) is 5.75 Å². The summed E-state index contributed by atoms with van der Waals surface area (Å²) < 4.78 is 6.04. The van der Waals surface area contributed by atoms with E-state index in [0.717, 1.165) is 44.2 Å². The van der Waals surface area contributed by atoms with Crippen molar-refractivity contribution < 1.29 is 4.74 Å². The summed E-state index contributed by atoms with van der Waals surface area (Å²) in [5.74, 6) is 3.19. The molecule has 122 valence electrons. The lowest BCUT2D eigenvalue weighted by atomic mass is 10.1. The molecule has 5 heteroatoms. The second-order valence-electron chi connectivity index (χ2n) is 5.44. The zero-order chi connectivity index (χ0) is 15.6. The fraction of sp³-hybridized carbons (Fsp3) is 0.588. The number of para-hydroxylation sites is 1. The van der Waals surface area contributed by atoms with Crippen LogP contribution in [0.3, 0.4) is 0 Å². The van der Waals surface area contributed by atoms with E-state index in [1.165, 1.54) is 12.2 Å². The third-order valence-corrected chi connectivity index (χ3v) is 4.50. The highest BCUT2D eigenvalue weighted by molar-refractivity contribution is 7.98. The van der Waals surface area contributed by atoms with Gasteiger partial charge in [-0.05, 0) is 30.6 Å². The maximum Gasteiger partial charge on any atom is 0.193 e. The first-order valence-electron chi connectivity index (χ1n) is 7.99. The molecule has 1 aromatic rings. The molecule has 1 aliphatic rings. The molecule has 2 rings (SSSR count). The molecule has 0 atom stereocenters. The minimum Gasteiger partial charge on any atom is -0.490 e. The SMILES string of the molecule is CN=C(NCCCSC)N1CCC(Oc2ccccc2)CC1. The van der Waals surface area contributed by atoms with Crippen molar-refractivity contribution in [1.82, 2.24) is 10.2 Å². The summed E-state index contributed by atoms with van der Waals surface area (Å²) in [5.41, 5.74) is 0. The second-order valence-corrected chi connectivity index (χ2v) is 6.42. The van der Waals surface area contributed by atoms with Crippen LogP contribution in [0.2, 0.25) is 0 Å². The molecule has 22 heavy (non-hydrogen) atoms. The van der Waals surface area contributed by atoms with Crippen LogP contribution in [0.1, 0.15) is 19.3 Å². The third kappa shape index (κ3) is 5.44. The van der Waals surface area contributed by atoms with Crippen LogP contribution in [0, 0.1) is 0 Å². The van der Waals surface area contributed by atoms with Gasteiger partial charge in [-0.1, -0.05) is 18.2 Å². The van der Waals surface area contributed by atoms with Gasteiger partial charge in [0.2, 0.25) is 0 Å². The number of nitrogens with one attached hydrogen (secondary N) is 1. The van der Waals surface area contributed by atoms with Crippen LogP contribution < -0.4 is 10.1 Å². The Morgan fingerprint density at radius 3 is 2.68 bits per heavy atom. The fourth-order valence-electron chi connectivity index (χ4n) is 2.63. The Bertz CT molecular complexity index is 444. The Hall–Kier alpha value is -1.36. The van der Waals surface area contributed by atoms with Gasteiger partial charge < -0.3 is 15.0 Å². The number of likely N-dealkylation sites (tertiary alicyclic amines) is 1. The number of hydrogen-bond donors (Lipinski definition) is 1. The van der Waals surface area contributed by atoms with Crippen molar-refractivity contribution in [2.75, 3.05) is 38.7 Å². The molecule has 1 N–H and O–H groups in total. The average molecular weight is 321 g/mol. The van der Waals surface area contributed by atoms with E-state index in [2.05, 4.69) is 21.5 Å². The smallest absolute Gasteiger partial charge is 0.193 e. The molecule has 0 saturated carbocycles. The summed E-state index contributed by atoms with van der Waals surface area (Å²) >= 11 is 1.89. The van der Waals surface area contributed by atoms with Gasteiger partial charge in [-0.3, -0.25) is 4.99 Å². The zero-order valence-corrected chi connectivity index (χ0v) is 14.4. The van der Waals surface area contributed by atoms with Crippen molar-refractivity contribution in [3.8, 4) is 5.75 Å². The van der Waals surface area contributed by atoms with E-state index in [1.54, 1.807) is 0 Å². The molecule has 0 unspecified atom stereocenters. The van der Waals surface area contributed by atoms with E-state index >= 15 is 0 Å². The number of rotatable bonds is 6. The summed E-state index contributed by atoms with van der Waals surface area (Å²) in [7, 11) is 1.86. The fourth-order valence-corrected chi connectivity index (χ4v) is 3.06. The van der Waals surface area contributed by atoms with E-state index in [-0.39, 0.29) is 0 Å². The van der Waals surface area contributed by atoms with Crippen LogP contribution in [-0.2, 0) is 0 Å². The molecule has 0 spiro atoms. The molecule has 0 amide bonds. The van der Waals surface area contributed by atoms with Crippen LogP contribution in [0.25, 0.3) is 0 Å². The Labute approximate surface area is 138 Å².